The highest BCUT2D eigenvalue weighted by molar-refractivity contribution is 5.90. The van der Waals surface area contributed by atoms with E-state index < -0.39 is 11.8 Å². The minimum absolute atomic E-state index is 0.233. The van der Waals surface area contributed by atoms with Gasteiger partial charge in [-0.15, -0.1) is 0 Å². The number of benzene rings is 2. The van der Waals surface area contributed by atoms with Crippen molar-refractivity contribution < 1.29 is 14.3 Å². The number of aromatic carboxylic acids is 1. The number of carboxylic acid groups (broad SMARTS) is 1. The molecule has 0 amide bonds. The Bertz CT molecular complexity index is 902. The lowest BCUT2D eigenvalue weighted by Gasteiger charge is -2.42. The molecule has 0 aliphatic heterocycles. The smallest absolute Gasteiger partial charge is 0.338 e. The van der Waals surface area contributed by atoms with E-state index >= 15 is 4.39 Å². The number of hydrogen-bond acceptors (Lipinski definition) is 1. The van der Waals surface area contributed by atoms with Crippen LogP contribution in [0.2, 0.25) is 0 Å². The van der Waals surface area contributed by atoms with Gasteiger partial charge < -0.3 is 5.11 Å². The second-order valence-electron chi connectivity index (χ2n) is 9.56. The highest BCUT2D eigenvalue weighted by Gasteiger charge is 2.37. The SMILES string of the molecule is CCCC1CCC2CC(c3ccc(C(=O)O)c(F)c3-c3ccc(C)cc3)CCC2C1. The summed E-state index contributed by atoms with van der Waals surface area (Å²) in [5, 5.41) is 9.47. The Hall–Kier alpha value is -2.16. The van der Waals surface area contributed by atoms with Crippen molar-refractivity contribution in [2.75, 3.05) is 0 Å². The van der Waals surface area contributed by atoms with Crippen molar-refractivity contribution in [1.82, 2.24) is 0 Å². The van der Waals surface area contributed by atoms with Gasteiger partial charge in [-0.1, -0.05) is 62.1 Å². The number of aryl methyl sites for hydroxylation is 1. The first-order chi connectivity index (χ1) is 14.5. The van der Waals surface area contributed by atoms with Gasteiger partial charge in [-0.2, -0.15) is 0 Å². The van der Waals surface area contributed by atoms with E-state index in [9.17, 15) is 9.90 Å². The van der Waals surface area contributed by atoms with Crippen LogP contribution in [0.3, 0.4) is 0 Å². The van der Waals surface area contributed by atoms with Crippen LogP contribution in [-0.4, -0.2) is 11.1 Å². The van der Waals surface area contributed by atoms with Crippen LogP contribution in [0.1, 0.15) is 85.7 Å². The second-order valence-corrected chi connectivity index (χ2v) is 9.56. The summed E-state index contributed by atoms with van der Waals surface area (Å²) in [6.07, 6.45) is 10.0. The van der Waals surface area contributed by atoms with Crippen LogP contribution >= 0.6 is 0 Å². The van der Waals surface area contributed by atoms with Gasteiger partial charge in [0.2, 0.25) is 0 Å². The lowest BCUT2D eigenvalue weighted by atomic mass is 9.63. The highest BCUT2D eigenvalue weighted by atomic mass is 19.1. The number of halogens is 1. The van der Waals surface area contributed by atoms with E-state index in [0.29, 0.717) is 11.5 Å². The van der Waals surface area contributed by atoms with Gasteiger partial charge >= 0.3 is 5.97 Å². The minimum Gasteiger partial charge on any atom is -0.478 e. The number of hydrogen-bond donors (Lipinski definition) is 1. The van der Waals surface area contributed by atoms with Crippen LogP contribution in [0.5, 0.6) is 0 Å². The van der Waals surface area contributed by atoms with E-state index in [2.05, 4.69) is 6.92 Å². The van der Waals surface area contributed by atoms with Gasteiger partial charge in [0, 0.05) is 5.56 Å². The van der Waals surface area contributed by atoms with Gasteiger partial charge in [0.25, 0.3) is 0 Å². The molecule has 2 aromatic carbocycles. The third kappa shape index (κ3) is 4.17. The number of rotatable bonds is 5. The molecule has 0 heterocycles. The molecule has 30 heavy (non-hydrogen) atoms. The maximum Gasteiger partial charge on any atom is 0.338 e. The molecule has 3 heteroatoms. The van der Waals surface area contributed by atoms with Crippen molar-refractivity contribution in [3.05, 3.63) is 58.9 Å². The van der Waals surface area contributed by atoms with Gasteiger partial charge in [-0.3, -0.25) is 0 Å². The first kappa shape index (κ1) is 21.1. The monoisotopic (exact) mass is 408 g/mol. The Labute approximate surface area is 179 Å². The zero-order chi connectivity index (χ0) is 21.3. The number of carbonyl (C=O) groups is 1. The number of fused-ring (bicyclic) bond motifs is 1. The highest BCUT2D eigenvalue weighted by Crippen LogP contribution is 2.50. The fourth-order valence-electron chi connectivity index (χ4n) is 6.05. The van der Waals surface area contributed by atoms with Crippen LogP contribution in [0, 0.1) is 30.5 Å². The van der Waals surface area contributed by atoms with Gasteiger partial charge in [0.1, 0.15) is 5.82 Å². The summed E-state index contributed by atoms with van der Waals surface area (Å²) >= 11 is 0. The molecule has 2 saturated carbocycles. The van der Waals surface area contributed by atoms with E-state index in [4.69, 9.17) is 0 Å². The average Bonchev–Trinajstić information content (AvgIpc) is 2.74. The van der Waals surface area contributed by atoms with Crippen LogP contribution in [0.25, 0.3) is 11.1 Å². The normalized spacial score (nSPS) is 26.2. The fraction of sp³-hybridized carbons (Fsp3) is 0.519. The fourth-order valence-corrected chi connectivity index (χ4v) is 6.05. The predicted octanol–water partition coefficient (Wildman–Crippen LogP) is 7.60. The summed E-state index contributed by atoms with van der Waals surface area (Å²) in [4.78, 5) is 11.6. The molecule has 0 bridgehead atoms. The Morgan fingerprint density at radius 3 is 2.40 bits per heavy atom. The third-order valence-electron chi connectivity index (χ3n) is 7.60. The quantitative estimate of drug-likeness (QED) is 0.553. The molecule has 2 aromatic rings. The molecule has 1 N–H and O–H groups in total. The first-order valence-corrected chi connectivity index (χ1v) is 11.6. The van der Waals surface area contributed by atoms with Crippen molar-refractivity contribution >= 4 is 5.97 Å². The number of carboxylic acids is 1. The van der Waals surface area contributed by atoms with Crippen LogP contribution in [0.4, 0.5) is 4.39 Å². The molecule has 4 rings (SSSR count). The van der Waals surface area contributed by atoms with Crippen molar-refractivity contribution in [2.45, 2.75) is 71.1 Å². The summed E-state index contributed by atoms with van der Waals surface area (Å²) in [6.45, 7) is 4.29. The van der Waals surface area contributed by atoms with Gasteiger partial charge in [0.05, 0.1) is 5.56 Å². The molecule has 4 unspecified atom stereocenters. The van der Waals surface area contributed by atoms with Gasteiger partial charge in [0.15, 0.2) is 0 Å². The van der Waals surface area contributed by atoms with E-state index in [1.54, 1.807) is 0 Å². The molecule has 0 saturated heterocycles. The summed E-state index contributed by atoms with van der Waals surface area (Å²) in [7, 11) is 0. The molecule has 160 valence electrons. The maximum atomic E-state index is 15.4. The van der Waals surface area contributed by atoms with Gasteiger partial charge in [-0.25, -0.2) is 9.18 Å². The molecule has 2 fully saturated rings. The summed E-state index contributed by atoms with van der Waals surface area (Å²) < 4.78 is 15.4. The molecular formula is C27H33FO2. The Balaban J connectivity index is 1.65. The molecule has 0 spiro atoms. The Morgan fingerprint density at radius 1 is 1.00 bits per heavy atom. The standard InChI is InChI=1S/C27H33FO2/c1-3-4-18-7-10-21-16-22(12-11-20(21)15-18)23-13-14-24(27(29)30)26(28)25(23)19-8-5-17(2)6-9-19/h5-6,8-9,13-14,18,20-22H,3-4,7,10-12,15-16H2,1-2H3,(H,29,30). The van der Waals surface area contributed by atoms with Crippen molar-refractivity contribution in [1.29, 1.82) is 0 Å². The van der Waals surface area contributed by atoms with Crippen LogP contribution in [-0.2, 0) is 0 Å². The zero-order valence-corrected chi connectivity index (χ0v) is 18.2. The van der Waals surface area contributed by atoms with E-state index in [-0.39, 0.29) is 5.56 Å². The molecule has 2 nitrogen and oxygen atoms in total. The summed E-state index contributed by atoms with van der Waals surface area (Å²) in [5.41, 5.74) is 3.15. The van der Waals surface area contributed by atoms with Crippen molar-refractivity contribution in [3.63, 3.8) is 0 Å². The Kier molecular flexibility index (Phi) is 6.26. The second kappa shape index (κ2) is 8.91. The maximum absolute atomic E-state index is 15.4. The Morgan fingerprint density at radius 2 is 1.70 bits per heavy atom. The van der Waals surface area contributed by atoms with Crippen LogP contribution < -0.4 is 0 Å². The molecule has 2 aliphatic rings. The topological polar surface area (TPSA) is 37.3 Å². The van der Waals surface area contributed by atoms with E-state index in [1.165, 1.54) is 44.6 Å². The molecule has 0 radical (unpaired) electrons. The van der Waals surface area contributed by atoms with Crippen LogP contribution in [0.15, 0.2) is 36.4 Å². The van der Waals surface area contributed by atoms with Crippen molar-refractivity contribution in [3.8, 4) is 11.1 Å². The summed E-state index contributed by atoms with van der Waals surface area (Å²) in [5.74, 6) is 0.955. The summed E-state index contributed by atoms with van der Waals surface area (Å²) in [6, 6.07) is 11.1. The average molecular weight is 409 g/mol. The van der Waals surface area contributed by atoms with Gasteiger partial charge in [-0.05, 0) is 79.9 Å². The van der Waals surface area contributed by atoms with E-state index in [0.717, 1.165) is 47.3 Å². The first-order valence-electron chi connectivity index (χ1n) is 11.6. The largest absolute Gasteiger partial charge is 0.478 e. The third-order valence-corrected chi connectivity index (χ3v) is 7.60. The zero-order valence-electron chi connectivity index (χ0n) is 18.2. The lowest BCUT2D eigenvalue weighted by molar-refractivity contribution is 0.0692. The molecule has 4 atom stereocenters. The minimum atomic E-state index is -1.20. The predicted molar refractivity (Wildman–Crippen MR) is 119 cm³/mol. The van der Waals surface area contributed by atoms with Crippen molar-refractivity contribution in [2.24, 2.45) is 17.8 Å². The van der Waals surface area contributed by atoms with E-state index in [1.807, 2.05) is 37.3 Å². The molecule has 0 aromatic heterocycles. The lowest BCUT2D eigenvalue weighted by Crippen LogP contribution is -2.30. The molecular weight excluding hydrogens is 375 g/mol. The molecule has 2 aliphatic carbocycles.